The van der Waals surface area contributed by atoms with Crippen molar-refractivity contribution < 1.29 is 26.2 Å². The Morgan fingerprint density at radius 2 is 0.562 bits per heavy atom. The molecule has 0 atom stereocenters. The average Bonchev–Trinajstić information content (AvgIpc) is 1.74. The second kappa shape index (κ2) is 40.5. The number of phenols is 4. The summed E-state index contributed by atoms with van der Waals surface area (Å²) in [5.74, 6) is 2.73. The number of rotatable bonds is 5. The van der Waals surface area contributed by atoms with E-state index in [1.807, 2.05) is 64.1 Å². The van der Waals surface area contributed by atoms with E-state index in [0.29, 0.717) is 34.7 Å². The van der Waals surface area contributed by atoms with Crippen LogP contribution in [0.25, 0.3) is 56.9 Å². The van der Waals surface area contributed by atoms with E-state index in [2.05, 4.69) is 142 Å². The van der Waals surface area contributed by atoms with E-state index in [0.717, 1.165) is 55.6 Å². The van der Waals surface area contributed by atoms with Gasteiger partial charge in [0.15, 0.2) is 29.1 Å². The molecule has 10 rings (SSSR count). The number of nitrogens with zero attached hydrogens (tertiary/aromatic N) is 9. The van der Waals surface area contributed by atoms with Crippen molar-refractivity contribution in [3.63, 3.8) is 0 Å². The maximum atomic E-state index is 10.4. The lowest BCUT2D eigenvalue weighted by atomic mass is 10.0. The molecule has 26 heteroatoms. The summed E-state index contributed by atoms with van der Waals surface area (Å²) in [5.41, 5.74) is 16.0. The number of phenolic OH excluding ortho intramolecular Hbond substituents is 4. The zero-order valence-corrected chi connectivity index (χ0v) is 59.0. The van der Waals surface area contributed by atoms with Gasteiger partial charge in [-0.2, -0.15) is 24.9 Å². The molecule has 10 aromatic rings. The lowest BCUT2D eigenvalue weighted by Gasteiger charge is -2.12. The Bertz CT molecular complexity index is 3530. The monoisotopic (exact) mass is 1430 g/mol. The fourth-order valence-electron chi connectivity index (χ4n) is 7.90. The Hall–Kier alpha value is -5.34. The second-order valence-corrected chi connectivity index (χ2v) is 33.1. The number of hydrogen-bond acceptors (Lipinski definition) is 13. The van der Waals surface area contributed by atoms with Crippen LogP contribution in [0, 0.1) is 69.2 Å². The summed E-state index contributed by atoms with van der Waals surface area (Å²) in [4.78, 5) is 37.7. The number of alkyl halides is 1. The molecule has 3 heterocycles. The standard InChI is InChI=1S/C25H23N3O2.C19H18ClN3.C8H10.C6H6O2.C3Cl3N3.CH3F.CH4.2Al.6ClH/c1-14-5-8-19(16(3)11-14)23-26-24(20-9-6-15(2)12-17(20)4)28-25(27-23)21-10-7-18(29)13-22(21)30;1-11-5-7-15(13(3)9-11)17-21-18(23-19(20)22-17)16-8-6-12(2)10-14(16)4;1-7-4-3-5-8(2)6-7;7-5-2-1-3-6(8)4-5;4-1-7-2(5)9-3(6)8-1;1-2;;;;;;;;;/h5-13,29-30H,1-4H3;5-10H,1-4H3;3-6H,1-2H3;1-4,7-8H;;1H3;1H4;;;6*1H/q;;;;;;;2*+3;;;;;;/p-6/i;;;;;1D;;;;;;;;;. The van der Waals surface area contributed by atoms with Crippen molar-refractivity contribution in [2.75, 3.05) is 7.15 Å². The molecule has 0 fully saturated rings. The highest BCUT2D eigenvalue weighted by atomic mass is 35.8. The van der Waals surface area contributed by atoms with Crippen LogP contribution in [0.1, 0.15) is 64.4 Å². The number of aryl methyl sites for hydroxylation is 10. The van der Waals surface area contributed by atoms with Crippen LogP contribution in [0.15, 0.2) is 140 Å². The minimum absolute atomic E-state index is 0. The minimum atomic E-state index is -1.72. The molecule has 0 amide bonds. The van der Waals surface area contributed by atoms with Gasteiger partial charge in [-0.15, -0.1) is 0 Å². The summed E-state index contributed by atoms with van der Waals surface area (Å²) in [6, 6.07) is 43.3. The van der Waals surface area contributed by atoms with Gasteiger partial charge in [0.2, 0.25) is 21.1 Å². The highest BCUT2D eigenvalue weighted by molar-refractivity contribution is 7.54. The Morgan fingerprint density at radius 3 is 0.809 bits per heavy atom. The van der Waals surface area contributed by atoms with Gasteiger partial charge in [-0.1, -0.05) is 144 Å². The van der Waals surface area contributed by atoms with Crippen LogP contribution in [0.2, 0.25) is 21.1 Å². The molecule has 0 radical (unpaired) electrons. The molecule has 4 N–H and O–H groups in total. The maximum Gasteiger partial charge on any atom is 0.643 e. The molecule has 89 heavy (non-hydrogen) atoms. The van der Waals surface area contributed by atoms with Crippen molar-refractivity contribution >= 4 is 129 Å². The largest absolute Gasteiger partial charge is 0.643 e. The van der Waals surface area contributed by atoms with Crippen LogP contribution in [-0.2, 0) is 0 Å². The van der Waals surface area contributed by atoms with Crippen LogP contribution in [0.4, 0.5) is 4.39 Å². The Kier molecular flexibility index (Phi) is 35.5. The molecule has 3 aromatic heterocycles. The first-order chi connectivity index (χ1) is 41.9. The number of hydrogen-bond donors (Lipinski definition) is 4. The average molecular weight is 1440 g/mol. The first-order valence-corrected chi connectivity index (χ1v) is 37.8. The molecule has 0 aliphatic rings. The van der Waals surface area contributed by atoms with Crippen LogP contribution in [0.5, 0.6) is 23.0 Å². The van der Waals surface area contributed by atoms with Gasteiger partial charge in [-0.3, -0.25) is 4.39 Å². The van der Waals surface area contributed by atoms with Gasteiger partial charge in [-0.25, -0.2) is 80.2 Å². The summed E-state index contributed by atoms with van der Waals surface area (Å²) < 4.78 is 15.5. The number of benzene rings is 7. The number of aromatic hydroxyl groups is 4. The number of aromatic nitrogens is 9. The van der Waals surface area contributed by atoms with Crippen molar-refractivity contribution in [2.24, 2.45) is 0 Å². The SMILES string of the molecule is C.Cc1ccc(-c2nc(-c3ccc(C)cc3C)nc(-c3ccc(O)cc3O)n2)c(C)c1.Cc1ccc(-c2nc(Cl)nc(-c3ccc(C)cc3C)n2)c(C)c1.Cc1cccc(C)c1.Clc1nc(Cl)nc(Cl)n1.Oc1cccc(O)c1.[2H]CF.[Cl][Al]([Cl])[Cl].[Cl][Al]([Cl])[Cl]. The molecule has 0 saturated heterocycles. The Balaban J connectivity index is 0.000000401. The Morgan fingerprint density at radius 1 is 0.326 bits per heavy atom. The van der Waals surface area contributed by atoms with Gasteiger partial charge in [0, 0.05) is 34.4 Å². The van der Waals surface area contributed by atoms with E-state index in [1.54, 1.807) is 12.1 Å². The molecule has 0 aliphatic heterocycles. The molecule has 0 aliphatic carbocycles. The zero-order valence-electron chi connectivity index (χ0n) is 50.1. The Labute approximate surface area is 575 Å². The van der Waals surface area contributed by atoms with Gasteiger partial charge in [0.05, 0.1) is 14.1 Å². The summed E-state index contributed by atoms with van der Waals surface area (Å²) in [7, 11) is 28.7. The predicted molar refractivity (Wildman–Crippen MR) is 374 cm³/mol. The van der Waals surface area contributed by atoms with Crippen LogP contribution >= 0.6 is 107 Å². The molecule has 0 unspecified atom stereocenters. The summed E-state index contributed by atoms with van der Waals surface area (Å²) in [6.45, 7) is 20.6. The normalized spacial score (nSPS) is 9.92. The summed E-state index contributed by atoms with van der Waals surface area (Å²) in [5, 5.41) is 37.6. The van der Waals surface area contributed by atoms with E-state index >= 15 is 0 Å². The van der Waals surface area contributed by atoms with E-state index in [4.69, 9.17) is 123 Å². The zero-order chi connectivity index (χ0) is 66.7. The van der Waals surface area contributed by atoms with Gasteiger partial charge in [-0.05, 0) is 162 Å². The molecule has 0 spiro atoms. The smallest absolute Gasteiger partial charge is 0.508 e. The highest BCUT2D eigenvalue weighted by Gasteiger charge is 2.18. The fourth-order valence-corrected chi connectivity index (χ4v) is 8.67. The van der Waals surface area contributed by atoms with E-state index in [9.17, 15) is 14.6 Å². The first kappa shape index (κ1) is 77.9. The molecule has 7 aromatic carbocycles. The molecular formula is C63H64Al2Cl10FN9O4. The topological polar surface area (TPSA) is 197 Å². The van der Waals surface area contributed by atoms with Gasteiger partial charge >= 0.3 is 22.8 Å². The van der Waals surface area contributed by atoms with Crippen molar-refractivity contribution in [3.05, 3.63) is 216 Å². The fraction of sp³-hybridized carbons (Fsp3) is 0.190. The minimum Gasteiger partial charge on any atom is -0.508 e. The van der Waals surface area contributed by atoms with Crippen LogP contribution < -0.4 is 0 Å². The summed E-state index contributed by atoms with van der Waals surface area (Å²) in [6.07, 6.45) is 0. The van der Waals surface area contributed by atoms with Gasteiger partial charge in [0.25, 0.3) is 0 Å². The molecule has 468 valence electrons. The van der Waals surface area contributed by atoms with Crippen LogP contribution in [0.3, 0.4) is 0 Å². The van der Waals surface area contributed by atoms with E-state index < -0.39 is 29.9 Å². The van der Waals surface area contributed by atoms with E-state index in [1.165, 1.54) is 52.6 Å². The summed E-state index contributed by atoms with van der Waals surface area (Å²) >= 11 is 18.7. The van der Waals surface area contributed by atoms with Crippen molar-refractivity contribution in [1.29, 1.82) is 0 Å². The third-order valence-electron chi connectivity index (χ3n) is 11.5. The van der Waals surface area contributed by atoms with E-state index in [-0.39, 0.29) is 51.6 Å². The molecular weight excluding hydrogens is 1370 g/mol. The van der Waals surface area contributed by atoms with Crippen molar-refractivity contribution in [1.82, 2.24) is 44.9 Å². The lowest BCUT2D eigenvalue weighted by Crippen LogP contribution is -2.02. The second-order valence-electron chi connectivity index (χ2n) is 18.8. The van der Waals surface area contributed by atoms with Crippen molar-refractivity contribution in [2.45, 2.75) is 76.7 Å². The molecule has 0 saturated carbocycles. The first-order valence-electron chi connectivity index (χ1n) is 26.5. The maximum absolute atomic E-state index is 10.4. The third-order valence-corrected chi connectivity index (χ3v) is 12.2. The van der Waals surface area contributed by atoms with Gasteiger partial charge in [0.1, 0.15) is 23.0 Å². The van der Waals surface area contributed by atoms with Crippen molar-refractivity contribution in [3.8, 4) is 79.9 Å². The number of halogens is 11. The predicted octanol–water partition coefficient (Wildman–Crippen LogP) is 20.4. The quantitative estimate of drug-likeness (QED) is 0.119. The third kappa shape index (κ3) is 29.2. The molecule has 13 nitrogen and oxygen atoms in total. The highest BCUT2D eigenvalue weighted by Crippen LogP contribution is 2.34. The van der Waals surface area contributed by atoms with Gasteiger partial charge < -0.3 is 20.4 Å². The van der Waals surface area contributed by atoms with Crippen LogP contribution in [-0.4, -0.2) is 95.2 Å². The lowest BCUT2D eigenvalue weighted by molar-refractivity contribution is 0.450. The molecule has 0 bridgehead atoms.